The second kappa shape index (κ2) is 8.69. The number of hydrogen-bond donors (Lipinski definition) is 1. The second-order valence-corrected chi connectivity index (χ2v) is 8.63. The zero-order chi connectivity index (χ0) is 19.4. The number of piperidine rings is 1. The highest BCUT2D eigenvalue weighted by molar-refractivity contribution is 14.1. The van der Waals surface area contributed by atoms with Crippen molar-refractivity contribution >= 4 is 28.5 Å². The molecule has 2 heterocycles. The van der Waals surface area contributed by atoms with Crippen molar-refractivity contribution in [2.45, 2.75) is 55.1 Å². The highest BCUT2D eigenvalue weighted by Gasteiger charge is 2.48. The van der Waals surface area contributed by atoms with Crippen molar-refractivity contribution in [1.82, 2.24) is 9.88 Å². The van der Waals surface area contributed by atoms with Gasteiger partial charge < -0.3 is 10.0 Å². The van der Waals surface area contributed by atoms with E-state index in [0.29, 0.717) is 18.5 Å². The lowest BCUT2D eigenvalue weighted by Gasteiger charge is -2.48. The smallest absolute Gasteiger partial charge is 0.255 e. The van der Waals surface area contributed by atoms with Crippen molar-refractivity contribution in [2.75, 3.05) is 6.54 Å². The van der Waals surface area contributed by atoms with E-state index in [4.69, 9.17) is 0 Å². The molecule has 0 bridgehead atoms. The van der Waals surface area contributed by atoms with Gasteiger partial charge in [-0.25, -0.2) is 0 Å². The average Bonchev–Trinajstić information content (AvgIpc) is 2.69. The van der Waals surface area contributed by atoms with Gasteiger partial charge in [0.1, 0.15) is 5.60 Å². The number of hydrogen-bond acceptors (Lipinski definition) is 3. The van der Waals surface area contributed by atoms with Crippen LogP contribution in [0, 0.1) is 6.92 Å². The number of benzene rings is 1. The molecule has 0 saturated carbocycles. The molecule has 2 aromatic rings. The SMILES string of the molecule is CCCC[C@H]1[C@H](I)C(O)(c2ccccc2)CCN1C(=O)c1cccnc1C. The number of unbranched alkanes of at least 4 members (excludes halogenated alkanes) is 1. The summed E-state index contributed by atoms with van der Waals surface area (Å²) in [6.45, 7) is 4.58. The lowest BCUT2D eigenvalue weighted by atomic mass is 9.79. The molecule has 1 saturated heterocycles. The first-order valence-electron chi connectivity index (χ1n) is 9.63. The Morgan fingerprint density at radius 1 is 1.30 bits per heavy atom. The van der Waals surface area contributed by atoms with E-state index in [0.717, 1.165) is 30.5 Å². The van der Waals surface area contributed by atoms with E-state index in [1.807, 2.05) is 54.3 Å². The summed E-state index contributed by atoms with van der Waals surface area (Å²) in [5.74, 6) is 0.0264. The van der Waals surface area contributed by atoms with Crippen molar-refractivity contribution < 1.29 is 9.90 Å². The summed E-state index contributed by atoms with van der Waals surface area (Å²) < 4.78 is -0.0706. The van der Waals surface area contributed by atoms with Crippen LogP contribution in [0.5, 0.6) is 0 Å². The molecule has 4 nitrogen and oxygen atoms in total. The number of halogens is 1. The molecule has 1 aromatic carbocycles. The molecule has 1 unspecified atom stereocenters. The minimum atomic E-state index is -0.916. The number of pyridine rings is 1. The van der Waals surface area contributed by atoms with Crippen LogP contribution in [0.2, 0.25) is 0 Å². The van der Waals surface area contributed by atoms with Crippen LogP contribution < -0.4 is 0 Å². The maximum Gasteiger partial charge on any atom is 0.255 e. The van der Waals surface area contributed by atoms with E-state index in [2.05, 4.69) is 34.5 Å². The Kier molecular flexibility index (Phi) is 6.52. The van der Waals surface area contributed by atoms with Crippen molar-refractivity contribution in [1.29, 1.82) is 0 Å². The van der Waals surface area contributed by atoms with Crippen LogP contribution in [0.25, 0.3) is 0 Å². The molecule has 5 heteroatoms. The molecular formula is C22H27IN2O2. The van der Waals surface area contributed by atoms with E-state index in [-0.39, 0.29) is 15.9 Å². The van der Waals surface area contributed by atoms with Crippen LogP contribution in [0.4, 0.5) is 0 Å². The van der Waals surface area contributed by atoms with Crippen LogP contribution in [-0.4, -0.2) is 37.4 Å². The Morgan fingerprint density at radius 3 is 2.70 bits per heavy atom. The Bertz CT molecular complexity index is 783. The van der Waals surface area contributed by atoms with Crippen LogP contribution >= 0.6 is 22.6 Å². The second-order valence-electron chi connectivity index (χ2n) is 7.29. The number of carbonyl (C=O) groups excluding carboxylic acids is 1. The lowest BCUT2D eigenvalue weighted by molar-refractivity contribution is -0.0337. The van der Waals surface area contributed by atoms with Crippen LogP contribution in [0.15, 0.2) is 48.7 Å². The largest absolute Gasteiger partial charge is 0.384 e. The normalized spacial score (nSPS) is 25.4. The van der Waals surface area contributed by atoms with E-state index < -0.39 is 5.60 Å². The Labute approximate surface area is 175 Å². The number of aromatic nitrogens is 1. The number of aryl methyl sites for hydroxylation is 1. The molecule has 144 valence electrons. The monoisotopic (exact) mass is 478 g/mol. The Morgan fingerprint density at radius 2 is 2.04 bits per heavy atom. The van der Waals surface area contributed by atoms with Crippen LogP contribution in [-0.2, 0) is 5.60 Å². The van der Waals surface area contributed by atoms with Gasteiger partial charge in [0.05, 0.1) is 9.49 Å². The molecule has 3 rings (SSSR count). The van der Waals surface area contributed by atoms with Gasteiger partial charge in [-0.15, -0.1) is 0 Å². The number of nitrogens with zero attached hydrogens (tertiary/aromatic N) is 2. The summed E-state index contributed by atoms with van der Waals surface area (Å²) in [7, 11) is 0. The van der Waals surface area contributed by atoms with E-state index >= 15 is 0 Å². The van der Waals surface area contributed by atoms with Gasteiger partial charge in [0.25, 0.3) is 5.91 Å². The molecule has 27 heavy (non-hydrogen) atoms. The third-order valence-corrected chi connectivity index (χ3v) is 7.41. The third-order valence-electron chi connectivity index (χ3n) is 5.55. The highest BCUT2D eigenvalue weighted by atomic mass is 127. The number of carbonyl (C=O) groups is 1. The van der Waals surface area contributed by atoms with Crippen molar-refractivity contribution in [3.05, 3.63) is 65.5 Å². The maximum absolute atomic E-state index is 13.3. The first-order valence-corrected chi connectivity index (χ1v) is 10.9. The van der Waals surface area contributed by atoms with Crippen molar-refractivity contribution in [2.24, 2.45) is 0 Å². The van der Waals surface area contributed by atoms with E-state index in [1.54, 1.807) is 6.20 Å². The van der Waals surface area contributed by atoms with Gasteiger partial charge in [-0.1, -0.05) is 72.7 Å². The van der Waals surface area contributed by atoms with Crippen LogP contribution in [0.3, 0.4) is 0 Å². The van der Waals surface area contributed by atoms with E-state index in [9.17, 15) is 9.90 Å². The highest BCUT2D eigenvalue weighted by Crippen LogP contribution is 2.42. The molecule has 1 amide bonds. The molecule has 0 aliphatic carbocycles. The zero-order valence-electron chi connectivity index (χ0n) is 15.9. The van der Waals surface area contributed by atoms with Crippen LogP contribution in [0.1, 0.15) is 54.2 Å². The molecule has 1 aromatic heterocycles. The summed E-state index contributed by atoms with van der Waals surface area (Å²) in [5.41, 5.74) is 1.44. The minimum Gasteiger partial charge on any atom is -0.384 e. The number of rotatable bonds is 5. The standard InChI is InChI=1S/C22H27IN2O2/c1-3-4-12-19-20(23)22(27,17-9-6-5-7-10-17)13-15-25(19)21(26)18-11-8-14-24-16(18)2/h5-11,14,19-20,27H,3-4,12-13,15H2,1-2H3/t19-,20-,22?/m0/s1. The Balaban J connectivity index is 1.93. The van der Waals surface area contributed by atoms with Gasteiger partial charge in [-0.2, -0.15) is 0 Å². The van der Waals surface area contributed by atoms with Gasteiger partial charge in [-0.05, 0) is 37.5 Å². The van der Waals surface area contributed by atoms with E-state index in [1.165, 1.54) is 0 Å². The number of amides is 1. The Hall–Kier alpha value is -1.47. The summed E-state index contributed by atoms with van der Waals surface area (Å²) in [6.07, 6.45) is 5.25. The van der Waals surface area contributed by atoms with Crippen molar-refractivity contribution in [3.8, 4) is 0 Å². The maximum atomic E-state index is 13.3. The molecule has 0 spiro atoms. The molecule has 1 aliphatic heterocycles. The molecule has 1 N–H and O–H groups in total. The molecule has 3 atom stereocenters. The molecule has 0 radical (unpaired) electrons. The topological polar surface area (TPSA) is 53.4 Å². The van der Waals surface area contributed by atoms with Gasteiger partial charge in [0.2, 0.25) is 0 Å². The third kappa shape index (κ3) is 4.04. The lowest BCUT2D eigenvalue weighted by Crippen LogP contribution is -2.59. The fraction of sp³-hybridized carbons (Fsp3) is 0.455. The van der Waals surface area contributed by atoms with Gasteiger partial charge in [0, 0.05) is 24.5 Å². The first-order chi connectivity index (χ1) is 13.0. The summed E-state index contributed by atoms with van der Waals surface area (Å²) in [4.78, 5) is 19.5. The predicted molar refractivity (Wildman–Crippen MR) is 116 cm³/mol. The quantitative estimate of drug-likeness (QED) is 0.509. The number of alkyl halides is 1. The van der Waals surface area contributed by atoms with Crippen molar-refractivity contribution in [3.63, 3.8) is 0 Å². The zero-order valence-corrected chi connectivity index (χ0v) is 18.1. The van der Waals surface area contributed by atoms with Gasteiger partial charge in [0.15, 0.2) is 0 Å². The average molecular weight is 478 g/mol. The molecule has 1 fully saturated rings. The summed E-state index contributed by atoms with van der Waals surface area (Å²) in [6, 6.07) is 13.5. The van der Waals surface area contributed by atoms with Gasteiger partial charge in [-0.3, -0.25) is 9.78 Å². The fourth-order valence-electron chi connectivity index (χ4n) is 3.93. The summed E-state index contributed by atoms with van der Waals surface area (Å²) in [5, 5.41) is 11.5. The predicted octanol–water partition coefficient (Wildman–Crippen LogP) is 4.49. The fourth-order valence-corrected chi connectivity index (χ4v) is 5.35. The number of aliphatic hydroxyl groups is 1. The molecule has 1 aliphatic rings. The minimum absolute atomic E-state index is 0.00314. The molecular weight excluding hydrogens is 451 g/mol. The first kappa shape index (κ1) is 20.3. The van der Waals surface area contributed by atoms with Gasteiger partial charge >= 0.3 is 0 Å². The number of likely N-dealkylation sites (tertiary alicyclic amines) is 1. The summed E-state index contributed by atoms with van der Waals surface area (Å²) >= 11 is 2.36.